The molecular weight excluding hydrogens is 238 g/mol. The fourth-order valence-electron chi connectivity index (χ4n) is 2.50. The van der Waals surface area contributed by atoms with E-state index in [-0.39, 0.29) is 5.75 Å². The molecule has 2 atom stereocenters. The smallest absolute Gasteiger partial charge is 0.209 e. The lowest BCUT2D eigenvalue weighted by atomic mass is 9.85. The van der Waals surface area contributed by atoms with Crippen LogP contribution in [0.1, 0.15) is 51.9 Å². The minimum Gasteiger partial charge on any atom is -0.378 e. The van der Waals surface area contributed by atoms with Gasteiger partial charge in [-0.2, -0.15) is 0 Å². The average molecular weight is 263 g/mol. The summed E-state index contributed by atoms with van der Waals surface area (Å²) in [4.78, 5) is 0. The van der Waals surface area contributed by atoms with Gasteiger partial charge in [0.15, 0.2) is 0 Å². The second-order valence-corrected chi connectivity index (χ2v) is 6.67. The quantitative estimate of drug-likeness (QED) is 0.715. The number of primary sulfonamides is 1. The number of sulfonamides is 1. The Morgan fingerprint density at radius 1 is 1.24 bits per heavy atom. The van der Waals surface area contributed by atoms with E-state index in [9.17, 15) is 8.42 Å². The van der Waals surface area contributed by atoms with E-state index < -0.39 is 10.0 Å². The third-order valence-corrected chi connectivity index (χ3v) is 4.38. The lowest BCUT2D eigenvalue weighted by Gasteiger charge is -2.30. The van der Waals surface area contributed by atoms with Crippen LogP contribution < -0.4 is 5.14 Å². The normalized spacial score (nSPS) is 26.0. The topological polar surface area (TPSA) is 69.4 Å². The maximum Gasteiger partial charge on any atom is 0.209 e. The van der Waals surface area contributed by atoms with Crippen molar-refractivity contribution in [3.63, 3.8) is 0 Å². The standard InChI is InChI=1S/C12H25NO3S/c1-2-11-7-3-4-8-12(11)16-9-5-6-10-17(13,14)15/h11-12H,2-10H2,1H3,(H2,13,14,15). The van der Waals surface area contributed by atoms with Crippen molar-refractivity contribution in [3.05, 3.63) is 0 Å². The van der Waals surface area contributed by atoms with Gasteiger partial charge in [-0.25, -0.2) is 13.6 Å². The van der Waals surface area contributed by atoms with Gasteiger partial charge >= 0.3 is 0 Å². The Balaban J connectivity index is 2.12. The van der Waals surface area contributed by atoms with Gasteiger partial charge in [0, 0.05) is 6.61 Å². The number of ether oxygens (including phenoxy) is 1. The van der Waals surface area contributed by atoms with Gasteiger partial charge < -0.3 is 4.74 Å². The van der Waals surface area contributed by atoms with Gasteiger partial charge in [-0.3, -0.25) is 0 Å². The van der Waals surface area contributed by atoms with Gasteiger partial charge in [-0.15, -0.1) is 0 Å². The molecule has 0 aromatic carbocycles. The molecule has 1 saturated carbocycles. The first-order valence-electron chi connectivity index (χ1n) is 6.65. The van der Waals surface area contributed by atoms with Gasteiger partial charge in [0.1, 0.15) is 0 Å². The first kappa shape index (κ1) is 14.9. The number of unbranched alkanes of at least 4 members (excludes halogenated alkanes) is 1. The molecule has 17 heavy (non-hydrogen) atoms. The molecule has 0 spiro atoms. The lowest BCUT2D eigenvalue weighted by Crippen LogP contribution is -2.27. The molecule has 1 aliphatic rings. The molecule has 102 valence electrons. The van der Waals surface area contributed by atoms with Gasteiger partial charge in [-0.1, -0.05) is 26.2 Å². The molecule has 0 radical (unpaired) electrons. The van der Waals surface area contributed by atoms with Crippen LogP contribution in [-0.2, 0) is 14.8 Å². The molecule has 0 saturated heterocycles. The molecule has 0 heterocycles. The number of hydrogen-bond donors (Lipinski definition) is 1. The Hall–Kier alpha value is -0.130. The summed E-state index contributed by atoms with van der Waals surface area (Å²) in [5.74, 6) is 0.764. The Kier molecular flexibility index (Phi) is 6.44. The zero-order chi connectivity index (χ0) is 12.7. The van der Waals surface area contributed by atoms with Crippen LogP contribution in [0.15, 0.2) is 0 Å². The Bertz CT molecular complexity index is 303. The second kappa shape index (κ2) is 7.34. The van der Waals surface area contributed by atoms with Crippen molar-refractivity contribution in [1.82, 2.24) is 0 Å². The Morgan fingerprint density at radius 2 is 1.94 bits per heavy atom. The first-order valence-corrected chi connectivity index (χ1v) is 8.36. The number of rotatable bonds is 7. The summed E-state index contributed by atoms with van der Waals surface area (Å²) in [7, 11) is -3.30. The molecular formula is C12H25NO3S. The third kappa shape index (κ3) is 6.38. The summed E-state index contributed by atoms with van der Waals surface area (Å²) >= 11 is 0. The van der Waals surface area contributed by atoms with Crippen molar-refractivity contribution in [2.75, 3.05) is 12.4 Å². The van der Waals surface area contributed by atoms with E-state index in [1.54, 1.807) is 0 Å². The molecule has 2 N–H and O–H groups in total. The van der Waals surface area contributed by atoms with Crippen molar-refractivity contribution in [2.24, 2.45) is 11.1 Å². The summed E-state index contributed by atoms with van der Waals surface area (Å²) in [6.07, 6.45) is 7.98. The molecule has 1 fully saturated rings. The van der Waals surface area contributed by atoms with E-state index in [0.29, 0.717) is 25.0 Å². The summed E-state index contributed by atoms with van der Waals surface area (Å²) in [5.41, 5.74) is 0. The van der Waals surface area contributed by atoms with Crippen molar-refractivity contribution in [1.29, 1.82) is 0 Å². The summed E-state index contributed by atoms with van der Waals surface area (Å²) in [6.45, 7) is 2.88. The third-order valence-electron chi connectivity index (χ3n) is 3.52. The van der Waals surface area contributed by atoms with Crippen molar-refractivity contribution >= 4 is 10.0 Å². The predicted molar refractivity (Wildman–Crippen MR) is 69.2 cm³/mol. The van der Waals surface area contributed by atoms with Gasteiger partial charge in [-0.05, 0) is 31.6 Å². The molecule has 0 amide bonds. The summed E-state index contributed by atoms with van der Waals surface area (Å²) in [6, 6.07) is 0. The monoisotopic (exact) mass is 263 g/mol. The molecule has 1 rings (SSSR count). The SMILES string of the molecule is CCC1CCCCC1OCCCCS(N)(=O)=O. The van der Waals surface area contributed by atoms with Gasteiger partial charge in [0.05, 0.1) is 11.9 Å². The maximum atomic E-state index is 10.7. The minimum atomic E-state index is -3.30. The predicted octanol–water partition coefficient (Wildman–Crippen LogP) is 2.04. The second-order valence-electron chi connectivity index (χ2n) is 4.94. The molecule has 0 aromatic rings. The van der Waals surface area contributed by atoms with Crippen LogP contribution in [0.5, 0.6) is 0 Å². The number of hydrogen-bond acceptors (Lipinski definition) is 3. The number of nitrogens with two attached hydrogens (primary N) is 1. The summed E-state index contributed by atoms with van der Waals surface area (Å²) in [5, 5.41) is 4.94. The van der Waals surface area contributed by atoms with Crippen LogP contribution in [0.2, 0.25) is 0 Å². The Morgan fingerprint density at radius 3 is 2.59 bits per heavy atom. The molecule has 5 heteroatoms. The fraction of sp³-hybridized carbons (Fsp3) is 1.00. The largest absolute Gasteiger partial charge is 0.378 e. The van der Waals surface area contributed by atoms with Crippen LogP contribution in [-0.4, -0.2) is 26.9 Å². The van der Waals surface area contributed by atoms with E-state index in [1.807, 2.05) is 0 Å². The molecule has 0 aliphatic heterocycles. The highest BCUT2D eigenvalue weighted by Crippen LogP contribution is 2.29. The van der Waals surface area contributed by atoms with Crippen LogP contribution >= 0.6 is 0 Å². The van der Waals surface area contributed by atoms with Gasteiger partial charge in [0.2, 0.25) is 10.0 Å². The van der Waals surface area contributed by atoms with Crippen molar-refractivity contribution < 1.29 is 13.2 Å². The molecule has 1 aliphatic carbocycles. The van der Waals surface area contributed by atoms with E-state index in [1.165, 1.54) is 25.7 Å². The van der Waals surface area contributed by atoms with Crippen molar-refractivity contribution in [3.8, 4) is 0 Å². The van der Waals surface area contributed by atoms with E-state index >= 15 is 0 Å². The minimum absolute atomic E-state index is 0.0677. The van der Waals surface area contributed by atoms with E-state index in [0.717, 1.165) is 12.8 Å². The zero-order valence-corrected chi connectivity index (χ0v) is 11.5. The molecule has 0 aromatic heterocycles. The first-order chi connectivity index (χ1) is 8.03. The molecule has 2 unspecified atom stereocenters. The van der Waals surface area contributed by atoms with Crippen LogP contribution in [0.3, 0.4) is 0 Å². The highest BCUT2D eigenvalue weighted by Gasteiger charge is 2.23. The fourth-order valence-corrected chi connectivity index (χ4v) is 3.11. The van der Waals surface area contributed by atoms with Crippen molar-refractivity contribution in [2.45, 2.75) is 58.0 Å². The van der Waals surface area contributed by atoms with Crippen LogP contribution in [0.25, 0.3) is 0 Å². The van der Waals surface area contributed by atoms with Crippen LogP contribution in [0, 0.1) is 5.92 Å². The zero-order valence-electron chi connectivity index (χ0n) is 10.7. The summed E-state index contributed by atoms with van der Waals surface area (Å²) < 4.78 is 27.3. The Labute approximate surface area is 105 Å². The van der Waals surface area contributed by atoms with E-state index in [4.69, 9.17) is 9.88 Å². The lowest BCUT2D eigenvalue weighted by molar-refractivity contribution is -0.0130. The van der Waals surface area contributed by atoms with Crippen LogP contribution in [0.4, 0.5) is 0 Å². The van der Waals surface area contributed by atoms with E-state index in [2.05, 4.69) is 6.92 Å². The van der Waals surface area contributed by atoms with Gasteiger partial charge in [0.25, 0.3) is 0 Å². The molecule has 0 bridgehead atoms. The maximum absolute atomic E-state index is 10.7. The average Bonchev–Trinajstić information content (AvgIpc) is 2.27. The molecule has 4 nitrogen and oxygen atoms in total. The highest BCUT2D eigenvalue weighted by molar-refractivity contribution is 7.89. The highest BCUT2D eigenvalue weighted by atomic mass is 32.2.